The van der Waals surface area contributed by atoms with Gasteiger partial charge in [-0.25, -0.2) is 4.79 Å². The molecule has 0 spiro atoms. The van der Waals surface area contributed by atoms with E-state index in [-0.39, 0.29) is 5.97 Å². The van der Waals surface area contributed by atoms with E-state index in [0.29, 0.717) is 6.61 Å². The smallest absolute Gasteiger partial charge is 0.330 e. The standard InChI is InChI=1S/C5H13N.C5H8O2/c1-4-6(3)5-2;1-3-5(6)7-4-2/h4-5H2,1-3H3;3H,1,4H2,2H3. The van der Waals surface area contributed by atoms with Crippen molar-refractivity contribution in [2.24, 2.45) is 0 Å². The molecule has 0 N–H and O–H groups in total. The first-order valence-corrected chi connectivity index (χ1v) is 4.59. The summed E-state index contributed by atoms with van der Waals surface area (Å²) in [5.74, 6) is -0.359. The van der Waals surface area contributed by atoms with Crippen molar-refractivity contribution >= 4 is 5.97 Å². The van der Waals surface area contributed by atoms with Crippen LogP contribution >= 0.6 is 0 Å². The molecule has 0 aromatic carbocycles. The first-order chi connectivity index (χ1) is 6.12. The number of hydrogen-bond acceptors (Lipinski definition) is 3. The quantitative estimate of drug-likeness (QED) is 0.495. The Morgan fingerprint density at radius 2 is 1.85 bits per heavy atom. The molecule has 3 nitrogen and oxygen atoms in total. The first-order valence-electron chi connectivity index (χ1n) is 4.59. The maximum Gasteiger partial charge on any atom is 0.330 e. The van der Waals surface area contributed by atoms with Gasteiger partial charge < -0.3 is 9.64 Å². The second kappa shape index (κ2) is 11.2. The molecule has 13 heavy (non-hydrogen) atoms. The Hall–Kier alpha value is -0.830. The molecule has 0 aromatic rings. The Morgan fingerprint density at radius 1 is 1.38 bits per heavy atom. The van der Waals surface area contributed by atoms with Crippen molar-refractivity contribution < 1.29 is 9.53 Å². The SMILES string of the molecule is C=CC(=O)OCC.CCN(C)CC. The highest BCUT2D eigenvalue weighted by Crippen LogP contribution is 1.74. The van der Waals surface area contributed by atoms with Crippen molar-refractivity contribution in [1.82, 2.24) is 4.90 Å². The molecule has 0 aromatic heterocycles. The molecule has 0 saturated carbocycles. The van der Waals surface area contributed by atoms with Crippen molar-refractivity contribution in [3.8, 4) is 0 Å². The van der Waals surface area contributed by atoms with Crippen LogP contribution in [0.25, 0.3) is 0 Å². The predicted octanol–water partition coefficient (Wildman–Crippen LogP) is 1.69. The number of esters is 1. The van der Waals surface area contributed by atoms with Crippen LogP contribution in [0.2, 0.25) is 0 Å². The van der Waals surface area contributed by atoms with Gasteiger partial charge in [0, 0.05) is 6.08 Å². The summed E-state index contributed by atoms with van der Waals surface area (Å²) in [5, 5.41) is 0. The highest BCUT2D eigenvalue weighted by Gasteiger charge is 1.86. The molecule has 0 aliphatic carbocycles. The number of ether oxygens (including phenoxy) is 1. The van der Waals surface area contributed by atoms with Crippen molar-refractivity contribution in [3.63, 3.8) is 0 Å². The summed E-state index contributed by atoms with van der Waals surface area (Å²) in [6.45, 7) is 12.0. The van der Waals surface area contributed by atoms with Gasteiger partial charge in [-0.15, -0.1) is 0 Å². The zero-order valence-corrected chi connectivity index (χ0v) is 9.17. The van der Waals surface area contributed by atoms with E-state index in [2.05, 4.69) is 37.1 Å². The Labute approximate surface area is 81.4 Å². The van der Waals surface area contributed by atoms with Crippen LogP contribution in [0.3, 0.4) is 0 Å². The molecule has 0 heterocycles. The number of hydrogen-bond donors (Lipinski definition) is 0. The van der Waals surface area contributed by atoms with Crippen LogP contribution < -0.4 is 0 Å². The fourth-order valence-electron chi connectivity index (χ4n) is 0.425. The molecule has 0 atom stereocenters. The Bertz CT molecular complexity index is 131. The second-order valence-corrected chi connectivity index (χ2v) is 2.44. The summed E-state index contributed by atoms with van der Waals surface area (Å²) in [6.07, 6.45) is 1.14. The maximum absolute atomic E-state index is 10.1. The molecule has 0 aliphatic heterocycles. The van der Waals surface area contributed by atoms with Crippen LogP contribution in [0.1, 0.15) is 20.8 Å². The van der Waals surface area contributed by atoms with E-state index in [1.54, 1.807) is 6.92 Å². The molecule has 0 amide bonds. The lowest BCUT2D eigenvalue weighted by molar-refractivity contribution is -0.137. The van der Waals surface area contributed by atoms with E-state index in [1.165, 1.54) is 0 Å². The molecule has 0 unspecified atom stereocenters. The molecule has 0 aliphatic rings. The molecular formula is C10H21NO2. The third-order valence-electron chi connectivity index (χ3n) is 1.53. The van der Waals surface area contributed by atoms with Gasteiger partial charge in [0.1, 0.15) is 0 Å². The Morgan fingerprint density at radius 3 is 1.92 bits per heavy atom. The molecule has 3 heteroatoms. The minimum absolute atomic E-state index is 0.359. The lowest BCUT2D eigenvalue weighted by Crippen LogP contribution is -2.15. The predicted molar refractivity (Wildman–Crippen MR) is 55.7 cm³/mol. The van der Waals surface area contributed by atoms with Gasteiger partial charge in [0.2, 0.25) is 0 Å². The summed E-state index contributed by atoms with van der Waals surface area (Å²) in [7, 11) is 2.11. The zero-order chi connectivity index (χ0) is 10.7. The number of carbonyl (C=O) groups excluding carboxylic acids is 1. The second-order valence-electron chi connectivity index (χ2n) is 2.44. The summed E-state index contributed by atoms with van der Waals surface area (Å²) in [4.78, 5) is 12.3. The average Bonchev–Trinajstić information content (AvgIpc) is 2.18. The van der Waals surface area contributed by atoms with E-state index in [0.717, 1.165) is 19.2 Å². The molecule has 0 saturated heterocycles. The molecule has 0 radical (unpaired) electrons. The monoisotopic (exact) mass is 187 g/mol. The van der Waals surface area contributed by atoms with Gasteiger partial charge in [0.15, 0.2) is 0 Å². The van der Waals surface area contributed by atoms with Crippen molar-refractivity contribution in [2.45, 2.75) is 20.8 Å². The third-order valence-corrected chi connectivity index (χ3v) is 1.53. The van der Waals surface area contributed by atoms with Gasteiger partial charge in [-0.3, -0.25) is 0 Å². The van der Waals surface area contributed by atoms with Crippen LogP contribution in [0.15, 0.2) is 12.7 Å². The number of rotatable bonds is 4. The topological polar surface area (TPSA) is 29.5 Å². The van der Waals surface area contributed by atoms with Crippen LogP contribution in [0.4, 0.5) is 0 Å². The van der Waals surface area contributed by atoms with E-state index in [1.807, 2.05) is 0 Å². The fraction of sp³-hybridized carbons (Fsp3) is 0.700. The van der Waals surface area contributed by atoms with Crippen LogP contribution in [-0.4, -0.2) is 37.6 Å². The summed E-state index contributed by atoms with van der Waals surface area (Å²) in [6, 6.07) is 0. The first kappa shape index (κ1) is 14.7. The largest absolute Gasteiger partial charge is 0.463 e. The third kappa shape index (κ3) is 14.1. The Balaban J connectivity index is 0. The lowest BCUT2D eigenvalue weighted by atomic mass is 10.6. The minimum atomic E-state index is -0.359. The van der Waals surface area contributed by atoms with Crippen molar-refractivity contribution in [1.29, 1.82) is 0 Å². The average molecular weight is 187 g/mol. The number of carbonyl (C=O) groups is 1. The molecule has 0 fully saturated rings. The van der Waals surface area contributed by atoms with Gasteiger partial charge in [-0.2, -0.15) is 0 Å². The van der Waals surface area contributed by atoms with Crippen molar-refractivity contribution in [2.75, 3.05) is 26.7 Å². The maximum atomic E-state index is 10.1. The molecule has 78 valence electrons. The van der Waals surface area contributed by atoms with E-state index >= 15 is 0 Å². The van der Waals surface area contributed by atoms with Crippen LogP contribution in [0, 0.1) is 0 Å². The molecular weight excluding hydrogens is 166 g/mol. The Kier molecular flexibility index (Phi) is 12.6. The van der Waals surface area contributed by atoms with Crippen molar-refractivity contribution in [3.05, 3.63) is 12.7 Å². The summed E-state index contributed by atoms with van der Waals surface area (Å²) < 4.78 is 4.43. The van der Waals surface area contributed by atoms with Gasteiger partial charge in [0.25, 0.3) is 0 Å². The normalized spacial score (nSPS) is 8.69. The van der Waals surface area contributed by atoms with Crippen LogP contribution in [0.5, 0.6) is 0 Å². The minimum Gasteiger partial charge on any atom is -0.463 e. The van der Waals surface area contributed by atoms with Gasteiger partial charge in [-0.1, -0.05) is 20.4 Å². The van der Waals surface area contributed by atoms with E-state index in [9.17, 15) is 4.79 Å². The highest BCUT2D eigenvalue weighted by atomic mass is 16.5. The van der Waals surface area contributed by atoms with Crippen LogP contribution in [-0.2, 0) is 9.53 Å². The van der Waals surface area contributed by atoms with E-state index in [4.69, 9.17) is 0 Å². The van der Waals surface area contributed by atoms with E-state index < -0.39 is 0 Å². The van der Waals surface area contributed by atoms with Gasteiger partial charge in [0.05, 0.1) is 6.61 Å². The van der Waals surface area contributed by atoms with Gasteiger partial charge in [-0.05, 0) is 27.1 Å². The summed E-state index contributed by atoms with van der Waals surface area (Å²) in [5.41, 5.74) is 0. The molecule has 0 rings (SSSR count). The lowest BCUT2D eigenvalue weighted by Gasteiger charge is -2.07. The zero-order valence-electron chi connectivity index (χ0n) is 9.17. The number of nitrogens with zero attached hydrogens (tertiary/aromatic N) is 1. The molecule has 0 bridgehead atoms. The van der Waals surface area contributed by atoms with Gasteiger partial charge >= 0.3 is 5.97 Å². The summed E-state index contributed by atoms with van der Waals surface area (Å²) >= 11 is 0. The fourth-order valence-corrected chi connectivity index (χ4v) is 0.425. The highest BCUT2D eigenvalue weighted by molar-refractivity contribution is 5.81.